The van der Waals surface area contributed by atoms with E-state index in [2.05, 4.69) is 10.3 Å². The molecule has 0 radical (unpaired) electrons. The molecule has 0 aliphatic carbocycles. The van der Waals surface area contributed by atoms with Gasteiger partial charge in [-0.1, -0.05) is 35.1 Å². The number of rotatable bonds is 2. The lowest BCUT2D eigenvalue weighted by Gasteiger charge is -2.08. The third-order valence-electron chi connectivity index (χ3n) is 2.18. The number of para-hydroxylation sites is 1. The van der Waals surface area contributed by atoms with Gasteiger partial charge in [0.05, 0.1) is 16.9 Å². The highest BCUT2D eigenvalue weighted by Crippen LogP contribution is 2.26. The third-order valence-corrected chi connectivity index (χ3v) is 3.32. The zero-order valence-corrected chi connectivity index (χ0v) is 10.6. The lowest BCUT2D eigenvalue weighted by molar-refractivity contribution is 0.102. The van der Waals surface area contributed by atoms with Crippen LogP contribution >= 0.6 is 22.9 Å². The zero-order chi connectivity index (χ0) is 12.4. The minimum absolute atomic E-state index is 0.303. The molecule has 1 aromatic heterocycles. The molecule has 1 aromatic carbocycles. The van der Waals surface area contributed by atoms with Crippen LogP contribution in [-0.4, -0.2) is 10.9 Å². The van der Waals surface area contributed by atoms with Crippen molar-refractivity contribution < 1.29 is 4.79 Å². The van der Waals surface area contributed by atoms with Crippen LogP contribution in [0.15, 0.2) is 24.4 Å². The predicted octanol–water partition coefficient (Wildman–Crippen LogP) is 2.94. The van der Waals surface area contributed by atoms with Crippen LogP contribution < -0.4 is 11.1 Å². The maximum atomic E-state index is 11.9. The van der Waals surface area contributed by atoms with Crippen molar-refractivity contribution in [2.24, 2.45) is 0 Å². The molecule has 0 spiro atoms. The molecule has 0 fully saturated rings. The lowest BCUT2D eigenvalue weighted by Crippen LogP contribution is -2.12. The molecule has 2 rings (SSSR count). The van der Waals surface area contributed by atoms with E-state index in [4.69, 9.17) is 17.3 Å². The van der Waals surface area contributed by atoms with Crippen molar-refractivity contribution in [1.29, 1.82) is 0 Å². The number of nitrogens with two attached hydrogens (primary N) is 1. The first kappa shape index (κ1) is 11.9. The molecular formula is C11H10ClN3OS. The first-order chi connectivity index (χ1) is 8.08. The Hall–Kier alpha value is -1.59. The summed E-state index contributed by atoms with van der Waals surface area (Å²) in [6, 6.07) is 5.42. The molecule has 6 heteroatoms. The van der Waals surface area contributed by atoms with E-state index in [1.807, 2.05) is 19.1 Å². The number of hydrogen-bond acceptors (Lipinski definition) is 4. The second-order valence-corrected chi connectivity index (χ2v) is 4.92. The number of carbonyl (C=O) groups is 1. The van der Waals surface area contributed by atoms with Crippen molar-refractivity contribution in [3.8, 4) is 0 Å². The van der Waals surface area contributed by atoms with Gasteiger partial charge in [-0.05, 0) is 18.6 Å². The monoisotopic (exact) mass is 267 g/mol. The van der Waals surface area contributed by atoms with E-state index < -0.39 is 0 Å². The molecule has 0 saturated carbocycles. The number of anilines is 2. The van der Waals surface area contributed by atoms with E-state index in [0.717, 1.165) is 16.9 Å². The van der Waals surface area contributed by atoms with Crippen molar-refractivity contribution >= 4 is 39.5 Å². The number of aryl methyl sites for hydroxylation is 1. The summed E-state index contributed by atoms with van der Waals surface area (Å²) in [5.41, 5.74) is 7.02. The number of thiazole rings is 1. The summed E-state index contributed by atoms with van der Waals surface area (Å²) in [5, 5.41) is 4.06. The second-order valence-electron chi connectivity index (χ2n) is 3.45. The van der Waals surface area contributed by atoms with E-state index in [0.29, 0.717) is 20.7 Å². The fraction of sp³-hybridized carbons (Fsp3) is 0.0909. The predicted molar refractivity (Wildman–Crippen MR) is 70.7 cm³/mol. The maximum Gasteiger partial charge on any atom is 0.284 e. The SMILES string of the molecule is Cc1cccc(Cl)c1NC(=O)c1ncc(N)s1. The van der Waals surface area contributed by atoms with Crippen molar-refractivity contribution in [3.63, 3.8) is 0 Å². The molecule has 0 saturated heterocycles. The van der Waals surface area contributed by atoms with Crippen LogP contribution in [0.3, 0.4) is 0 Å². The minimum Gasteiger partial charge on any atom is -0.389 e. The molecule has 0 atom stereocenters. The number of carbonyl (C=O) groups excluding carboxylic acids is 1. The summed E-state index contributed by atoms with van der Waals surface area (Å²) < 4.78 is 0. The van der Waals surface area contributed by atoms with Gasteiger partial charge in [0.25, 0.3) is 5.91 Å². The van der Waals surface area contributed by atoms with Crippen LogP contribution in [0, 0.1) is 6.92 Å². The zero-order valence-electron chi connectivity index (χ0n) is 9.03. The standard InChI is InChI=1S/C11H10ClN3OS/c1-6-3-2-4-7(12)9(6)15-10(16)11-14-5-8(13)17-11/h2-5H,13H2,1H3,(H,15,16). The average Bonchev–Trinajstić information content (AvgIpc) is 2.70. The van der Waals surface area contributed by atoms with Crippen LogP contribution in [0.4, 0.5) is 10.7 Å². The van der Waals surface area contributed by atoms with E-state index in [1.54, 1.807) is 6.07 Å². The Labute approximate surface area is 107 Å². The summed E-state index contributed by atoms with van der Waals surface area (Å²) in [6.07, 6.45) is 1.46. The second kappa shape index (κ2) is 4.73. The molecular weight excluding hydrogens is 258 g/mol. The Bertz CT molecular complexity index is 547. The van der Waals surface area contributed by atoms with Gasteiger partial charge in [-0.2, -0.15) is 0 Å². The normalized spacial score (nSPS) is 10.2. The Balaban J connectivity index is 2.24. The number of hydrogen-bond donors (Lipinski definition) is 2. The van der Waals surface area contributed by atoms with E-state index >= 15 is 0 Å². The highest BCUT2D eigenvalue weighted by Gasteiger charge is 2.13. The number of amides is 1. The molecule has 1 amide bonds. The molecule has 17 heavy (non-hydrogen) atoms. The summed E-state index contributed by atoms with van der Waals surface area (Å²) >= 11 is 7.15. The number of halogens is 1. The topological polar surface area (TPSA) is 68.0 Å². The van der Waals surface area contributed by atoms with Crippen LogP contribution in [0.1, 0.15) is 15.4 Å². The molecule has 3 N–H and O–H groups in total. The van der Waals surface area contributed by atoms with Gasteiger partial charge >= 0.3 is 0 Å². The molecule has 2 aromatic rings. The number of benzene rings is 1. The molecule has 4 nitrogen and oxygen atoms in total. The summed E-state index contributed by atoms with van der Waals surface area (Å²) in [5.74, 6) is -0.303. The minimum atomic E-state index is -0.303. The Morgan fingerprint density at radius 1 is 1.53 bits per heavy atom. The smallest absolute Gasteiger partial charge is 0.284 e. The van der Waals surface area contributed by atoms with Crippen LogP contribution in [0.2, 0.25) is 5.02 Å². The first-order valence-electron chi connectivity index (χ1n) is 4.85. The van der Waals surface area contributed by atoms with E-state index in [9.17, 15) is 4.79 Å². The number of aromatic nitrogens is 1. The number of nitrogens with zero attached hydrogens (tertiary/aromatic N) is 1. The number of nitrogen functional groups attached to an aromatic ring is 1. The van der Waals surface area contributed by atoms with Gasteiger partial charge < -0.3 is 11.1 Å². The molecule has 88 valence electrons. The summed E-state index contributed by atoms with van der Waals surface area (Å²) in [4.78, 5) is 15.8. The Morgan fingerprint density at radius 2 is 2.29 bits per heavy atom. The van der Waals surface area contributed by atoms with Gasteiger partial charge in [0.2, 0.25) is 0 Å². The van der Waals surface area contributed by atoms with Crippen LogP contribution in [0.25, 0.3) is 0 Å². The third kappa shape index (κ3) is 2.57. The Kier molecular flexibility index (Phi) is 3.31. The van der Waals surface area contributed by atoms with Crippen molar-refractivity contribution in [1.82, 2.24) is 4.98 Å². The van der Waals surface area contributed by atoms with Crippen molar-refractivity contribution in [2.75, 3.05) is 11.1 Å². The summed E-state index contributed by atoms with van der Waals surface area (Å²) in [6.45, 7) is 1.87. The van der Waals surface area contributed by atoms with Crippen LogP contribution in [-0.2, 0) is 0 Å². The van der Waals surface area contributed by atoms with Crippen molar-refractivity contribution in [3.05, 3.63) is 40.0 Å². The van der Waals surface area contributed by atoms with Gasteiger partial charge in [-0.3, -0.25) is 4.79 Å². The Morgan fingerprint density at radius 3 is 2.88 bits per heavy atom. The van der Waals surface area contributed by atoms with Gasteiger partial charge in [-0.25, -0.2) is 4.98 Å². The fourth-order valence-corrected chi connectivity index (χ4v) is 2.20. The van der Waals surface area contributed by atoms with Crippen LogP contribution in [0.5, 0.6) is 0 Å². The molecule has 0 aliphatic heterocycles. The fourth-order valence-electron chi connectivity index (χ4n) is 1.35. The van der Waals surface area contributed by atoms with Crippen molar-refractivity contribution in [2.45, 2.75) is 6.92 Å². The highest BCUT2D eigenvalue weighted by molar-refractivity contribution is 7.17. The average molecular weight is 268 g/mol. The van der Waals surface area contributed by atoms with Gasteiger partial charge in [0.1, 0.15) is 5.00 Å². The molecule has 0 unspecified atom stereocenters. The quantitative estimate of drug-likeness (QED) is 0.879. The molecule has 0 aliphatic rings. The van der Waals surface area contributed by atoms with E-state index in [1.165, 1.54) is 6.20 Å². The lowest BCUT2D eigenvalue weighted by atomic mass is 10.2. The molecule has 1 heterocycles. The van der Waals surface area contributed by atoms with E-state index in [-0.39, 0.29) is 5.91 Å². The van der Waals surface area contributed by atoms with Gasteiger partial charge in [0, 0.05) is 0 Å². The number of nitrogens with one attached hydrogen (secondary N) is 1. The van der Waals surface area contributed by atoms with Gasteiger partial charge in [-0.15, -0.1) is 0 Å². The first-order valence-corrected chi connectivity index (χ1v) is 6.05. The maximum absolute atomic E-state index is 11.9. The molecule has 0 bridgehead atoms. The summed E-state index contributed by atoms with van der Waals surface area (Å²) in [7, 11) is 0. The van der Waals surface area contributed by atoms with Gasteiger partial charge in [0.15, 0.2) is 5.01 Å². The largest absolute Gasteiger partial charge is 0.389 e. The highest BCUT2D eigenvalue weighted by atomic mass is 35.5.